The van der Waals surface area contributed by atoms with E-state index in [9.17, 15) is 4.79 Å². The van der Waals surface area contributed by atoms with Crippen LogP contribution in [0.5, 0.6) is 0 Å². The van der Waals surface area contributed by atoms with Crippen molar-refractivity contribution in [2.45, 2.75) is 4.90 Å². The smallest absolute Gasteiger partial charge is 0.275 e. The van der Waals surface area contributed by atoms with Gasteiger partial charge in [0.15, 0.2) is 5.13 Å². The average molecular weight is 342 g/mol. The molecule has 0 aliphatic rings. The largest absolute Gasteiger partial charge is 0.330 e. The van der Waals surface area contributed by atoms with E-state index in [2.05, 4.69) is 20.6 Å². The molecule has 3 rings (SSSR count). The molecule has 1 aromatic carbocycles. The summed E-state index contributed by atoms with van der Waals surface area (Å²) < 4.78 is 0. The molecule has 0 aliphatic heterocycles. The minimum atomic E-state index is -0.220. The standard InChI is InChI=1S/C16H14N4OS2/c1-22-14-7-3-2-6-12(14)19-15(21)13-10-23-16(20-13)18-11-5-4-8-17-9-11/h2-10H,1H3,(H,18,20)(H,19,21). The van der Waals surface area contributed by atoms with Gasteiger partial charge >= 0.3 is 0 Å². The van der Waals surface area contributed by atoms with Crippen molar-refractivity contribution in [3.8, 4) is 0 Å². The zero-order valence-corrected chi connectivity index (χ0v) is 13.9. The lowest BCUT2D eigenvalue weighted by Crippen LogP contribution is -2.13. The number of nitrogens with zero attached hydrogens (tertiary/aromatic N) is 2. The number of rotatable bonds is 5. The maximum Gasteiger partial charge on any atom is 0.275 e. The maximum absolute atomic E-state index is 12.3. The second-order valence-electron chi connectivity index (χ2n) is 4.56. The highest BCUT2D eigenvalue weighted by molar-refractivity contribution is 7.98. The highest BCUT2D eigenvalue weighted by atomic mass is 32.2. The van der Waals surface area contributed by atoms with Crippen LogP contribution in [-0.2, 0) is 0 Å². The molecule has 116 valence electrons. The number of carbonyl (C=O) groups excluding carboxylic acids is 1. The van der Waals surface area contributed by atoms with E-state index >= 15 is 0 Å². The highest BCUT2D eigenvalue weighted by Gasteiger charge is 2.12. The molecule has 0 fully saturated rings. The van der Waals surface area contributed by atoms with E-state index in [1.165, 1.54) is 11.3 Å². The Balaban J connectivity index is 1.71. The molecule has 0 aliphatic carbocycles. The monoisotopic (exact) mass is 342 g/mol. The van der Waals surface area contributed by atoms with Gasteiger partial charge in [0.2, 0.25) is 0 Å². The molecule has 0 radical (unpaired) electrons. The van der Waals surface area contributed by atoms with Crippen LogP contribution >= 0.6 is 23.1 Å². The van der Waals surface area contributed by atoms with E-state index in [1.807, 2.05) is 42.7 Å². The Morgan fingerprint density at radius 1 is 1.22 bits per heavy atom. The predicted octanol–water partition coefficient (Wildman–Crippen LogP) is 4.26. The summed E-state index contributed by atoms with van der Waals surface area (Å²) >= 11 is 2.96. The SMILES string of the molecule is CSc1ccccc1NC(=O)c1csc(Nc2cccnc2)n1. The van der Waals surface area contributed by atoms with Crippen LogP contribution in [0.4, 0.5) is 16.5 Å². The Morgan fingerprint density at radius 3 is 2.87 bits per heavy atom. The number of amides is 1. The summed E-state index contributed by atoms with van der Waals surface area (Å²) in [6, 6.07) is 11.4. The van der Waals surface area contributed by atoms with Gasteiger partial charge in [-0.3, -0.25) is 9.78 Å². The normalized spacial score (nSPS) is 10.3. The van der Waals surface area contributed by atoms with E-state index < -0.39 is 0 Å². The third kappa shape index (κ3) is 3.88. The van der Waals surface area contributed by atoms with Crippen LogP contribution < -0.4 is 10.6 Å². The van der Waals surface area contributed by atoms with Crippen LogP contribution in [0.1, 0.15) is 10.5 Å². The van der Waals surface area contributed by atoms with Gasteiger partial charge in [-0.15, -0.1) is 23.1 Å². The van der Waals surface area contributed by atoms with Gasteiger partial charge in [0, 0.05) is 16.5 Å². The van der Waals surface area contributed by atoms with E-state index in [0.717, 1.165) is 16.3 Å². The molecule has 2 aromatic heterocycles. The Kier molecular flexibility index (Phi) is 4.89. The summed E-state index contributed by atoms with van der Waals surface area (Å²) in [5.41, 5.74) is 2.01. The fourth-order valence-electron chi connectivity index (χ4n) is 1.93. The van der Waals surface area contributed by atoms with Crippen molar-refractivity contribution in [2.75, 3.05) is 16.9 Å². The number of anilines is 3. The number of carbonyl (C=O) groups is 1. The molecule has 1 amide bonds. The van der Waals surface area contributed by atoms with Gasteiger partial charge in [-0.2, -0.15) is 0 Å². The summed E-state index contributed by atoms with van der Waals surface area (Å²) in [6.07, 6.45) is 5.38. The van der Waals surface area contributed by atoms with Crippen LogP contribution in [0, 0.1) is 0 Å². The van der Waals surface area contributed by atoms with Crippen molar-refractivity contribution in [2.24, 2.45) is 0 Å². The van der Waals surface area contributed by atoms with E-state index in [4.69, 9.17) is 0 Å². The number of thioether (sulfide) groups is 1. The van der Waals surface area contributed by atoms with Crippen LogP contribution in [0.25, 0.3) is 0 Å². The molecule has 2 heterocycles. The zero-order valence-electron chi connectivity index (χ0n) is 12.3. The molecular weight excluding hydrogens is 328 g/mol. The number of aromatic nitrogens is 2. The lowest BCUT2D eigenvalue weighted by molar-refractivity contribution is 0.102. The van der Waals surface area contributed by atoms with Gasteiger partial charge in [-0.05, 0) is 30.5 Å². The number of benzene rings is 1. The molecule has 0 spiro atoms. The molecule has 0 atom stereocenters. The van der Waals surface area contributed by atoms with Crippen LogP contribution in [0.3, 0.4) is 0 Å². The quantitative estimate of drug-likeness (QED) is 0.678. The van der Waals surface area contributed by atoms with E-state index in [1.54, 1.807) is 29.5 Å². The minimum Gasteiger partial charge on any atom is -0.330 e. The first-order valence-electron chi connectivity index (χ1n) is 6.83. The van der Waals surface area contributed by atoms with Crippen molar-refractivity contribution >= 4 is 45.5 Å². The van der Waals surface area contributed by atoms with Crippen molar-refractivity contribution < 1.29 is 4.79 Å². The minimum absolute atomic E-state index is 0.220. The Morgan fingerprint density at radius 2 is 2.09 bits per heavy atom. The first-order chi connectivity index (χ1) is 11.3. The van der Waals surface area contributed by atoms with E-state index in [0.29, 0.717) is 10.8 Å². The number of hydrogen-bond acceptors (Lipinski definition) is 6. The summed E-state index contributed by atoms with van der Waals surface area (Å²) in [7, 11) is 0. The van der Waals surface area contributed by atoms with Crippen molar-refractivity contribution in [1.29, 1.82) is 0 Å². The topological polar surface area (TPSA) is 66.9 Å². The molecule has 23 heavy (non-hydrogen) atoms. The summed E-state index contributed by atoms with van der Waals surface area (Å²) in [6.45, 7) is 0. The number of nitrogens with one attached hydrogen (secondary N) is 2. The maximum atomic E-state index is 12.3. The average Bonchev–Trinajstić information content (AvgIpc) is 3.05. The van der Waals surface area contributed by atoms with Crippen LogP contribution in [0.15, 0.2) is 59.1 Å². The van der Waals surface area contributed by atoms with E-state index in [-0.39, 0.29) is 5.91 Å². The Hall–Kier alpha value is -2.38. The fraction of sp³-hybridized carbons (Fsp3) is 0.0625. The summed E-state index contributed by atoms with van der Waals surface area (Å²) in [5.74, 6) is -0.220. The van der Waals surface area contributed by atoms with Gasteiger partial charge in [-0.1, -0.05) is 12.1 Å². The predicted molar refractivity (Wildman–Crippen MR) is 95.8 cm³/mol. The molecule has 7 heteroatoms. The molecule has 5 nitrogen and oxygen atoms in total. The van der Waals surface area contributed by atoms with Gasteiger partial charge in [0.05, 0.1) is 17.6 Å². The highest BCUT2D eigenvalue weighted by Crippen LogP contribution is 2.26. The molecule has 0 unspecified atom stereocenters. The fourth-order valence-corrected chi connectivity index (χ4v) is 3.19. The van der Waals surface area contributed by atoms with Crippen molar-refractivity contribution in [3.05, 3.63) is 59.9 Å². The zero-order chi connectivity index (χ0) is 16.1. The molecule has 0 saturated heterocycles. The molecule has 3 aromatic rings. The summed E-state index contributed by atoms with van der Waals surface area (Å²) in [4.78, 5) is 21.7. The van der Waals surface area contributed by atoms with Crippen LogP contribution in [-0.4, -0.2) is 22.1 Å². The van der Waals surface area contributed by atoms with Crippen molar-refractivity contribution in [1.82, 2.24) is 9.97 Å². The third-order valence-corrected chi connectivity index (χ3v) is 4.56. The lowest BCUT2D eigenvalue weighted by Gasteiger charge is -2.07. The Labute approximate surface area is 142 Å². The lowest BCUT2D eigenvalue weighted by atomic mass is 10.3. The number of hydrogen-bond donors (Lipinski definition) is 2. The first-order valence-corrected chi connectivity index (χ1v) is 8.93. The third-order valence-electron chi connectivity index (χ3n) is 3.00. The number of para-hydroxylation sites is 1. The summed E-state index contributed by atoms with van der Waals surface area (Å²) in [5, 5.41) is 8.41. The Bertz CT molecular complexity index is 805. The molecule has 2 N–H and O–H groups in total. The number of pyridine rings is 1. The van der Waals surface area contributed by atoms with Gasteiger partial charge in [-0.25, -0.2) is 4.98 Å². The van der Waals surface area contributed by atoms with Gasteiger partial charge in [0.25, 0.3) is 5.91 Å². The second kappa shape index (κ2) is 7.26. The number of thiazole rings is 1. The van der Waals surface area contributed by atoms with Crippen LogP contribution in [0.2, 0.25) is 0 Å². The molecule has 0 saturated carbocycles. The second-order valence-corrected chi connectivity index (χ2v) is 6.27. The van der Waals surface area contributed by atoms with Gasteiger partial charge in [0.1, 0.15) is 5.69 Å². The van der Waals surface area contributed by atoms with Gasteiger partial charge < -0.3 is 10.6 Å². The van der Waals surface area contributed by atoms with Crippen molar-refractivity contribution in [3.63, 3.8) is 0 Å². The first kappa shape index (κ1) is 15.5. The molecule has 0 bridgehead atoms. The molecular formula is C16H14N4OS2.